The molecule has 1 atom stereocenters. The summed E-state index contributed by atoms with van der Waals surface area (Å²) in [6.07, 6.45) is 2.33. The quantitative estimate of drug-likeness (QED) is 0.264. The Bertz CT molecular complexity index is 1120. The number of fused-ring (bicyclic) bond motifs is 1. The Morgan fingerprint density at radius 1 is 1.18 bits per heavy atom. The van der Waals surface area contributed by atoms with Gasteiger partial charge in [0, 0.05) is 12.1 Å². The molecule has 0 aliphatic carbocycles. The summed E-state index contributed by atoms with van der Waals surface area (Å²) in [6.45, 7) is 5.23. The molecule has 2 aromatic rings. The number of aliphatic hydroxyl groups is 1. The van der Waals surface area contributed by atoms with Crippen molar-refractivity contribution in [3.05, 3.63) is 71.8 Å². The summed E-state index contributed by atoms with van der Waals surface area (Å²) in [5, 5.41) is 11.2. The van der Waals surface area contributed by atoms with Gasteiger partial charge in [0.25, 0.3) is 11.7 Å². The highest BCUT2D eigenvalue weighted by Gasteiger charge is 2.45. The monoisotopic (exact) mass is 464 g/mol. The van der Waals surface area contributed by atoms with Gasteiger partial charge in [-0.3, -0.25) is 9.59 Å². The fourth-order valence-electron chi connectivity index (χ4n) is 4.12. The number of Topliss-reactive ketones (excluding diaryl/α,β-unsaturated/α-hetero) is 1. The number of hydrogen-bond acceptors (Lipinski definition) is 7. The lowest BCUT2D eigenvalue weighted by molar-refractivity contribution is -0.139. The topological polar surface area (TPSA) is 88.5 Å². The van der Waals surface area contributed by atoms with Gasteiger partial charge in [-0.05, 0) is 63.0 Å². The number of carbonyl (C=O) groups excluding carboxylic acids is 2. The maximum absolute atomic E-state index is 13.1. The van der Waals surface area contributed by atoms with Crippen LogP contribution in [-0.4, -0.2) is 67.2 Å². The SMILES string of the molecule is C=CCOc1ccc([C@H]2C(=C(O)c3ccc4c(c3)OCO4)C(=O)C(=O)N2CCCN(C)C)cc1. The zero-order valence-corrected chi connectivity index (χ0v) is 19.3. The van der Waals surface area contributed by atoms with Gasteiger partial charge in [-0.15, -0.1) is 0 Å². The number of benzene rings is 2. The van der Waals surface area contributed by atoms with Crippen LogP contribution in [0, 0.1) is 0 Å². The van der Waals surface area contributed by atoms with Gasteiger partial charge >= 0.3 is 0 Å². The van der Waals surface area contributed by atoms with Crippen molar-refractivity contribution >= 4 is 17.4 Å². The molecule has 2 aromatic carbocycles. The van der Waals surface area contributed by atoms with Crippen LogP contribution < -0.4 is 14.2 Å². The molecule has 178 valence electrons. The summed E-state index contributed by atoms with van der Waals surface area (Å²) < 4.78 is 16.3. The molecule has 0 saturated carbocycles. The Kier molecular flexibility index (Phi) is 6.88. The van der Waals surface area contributed by atoms with Crippen LogP contribution in [0.3, 0.4) is 0 Å². The van der Waals surface area contributed by atoms with E-state index in [0.717, 1.165) is 6.54 Å². The minimum atomic E-state index is -0.721. The molecule has 1 saturated heterocycles. The molecule has 2 heterocycles. The molecule has 2 aliphatic heterocycles. The highest BCUT2D eigenvalue weighted by Crippen LogP contribution is 2.41. The molecule has 0 unspecified atom stereocenters. The van der Waals surface area contributed by atoms with E-state index < -0.39 is 17.7 Å². The second-order valence-electron chi connectivity index (χ2n) is 8.39. The van der Waals surface area contributed by atoms with Crippen LogP contribution >= 0.6 is 0 Å². The van der Waals surface area contributed by atoms with E-state index in [2.05, 4.69) is 6.58 Å². The van der Waals surface area contributed by atoms with Gasteiger partial charge in [0.15, 0.2) is 11.5 Å². The third-order valence-corrected chi connectivity index (χ3v) is 5.75. The first-order valence-corrected chi connectivity index (χ1v) is 11.1. The Hall–Kier alpha value is -3.78. The van der Waals surface area contributed by atoms with E-state index in [9.17, 15) is 14.7 Å². The second kappa shape index (κ2) is 10.0. The Balaban J connectivity index is 1.74. The molecule has 1 amide bonds. The van der Waals surface area contributed by atoms with Gasteiger partial charge in [0.05, 0.1) is 11.6 Å². The van der Waals surface area contributed by atoms with Gasteiger partial charge in [0.1, 0.15) is 18.1 Å². The zero-order chi connectivity index (χ0) is 24.2. The fourth-order valence-corrected chi connectivity index (χ4v) is 4.12. The number of amides is 1. The molecule has 0 aromatic heterocycles. The molecule has 1 fully saturated rings. The van der Waals surface area contributed by atoms with Crippen molar-refractivity contribution in [1.82, 2.24) is 9.80 Å². The highest BCUT2D eigenvalue weighted by molar-refractivity contribution is 6.46. The van der Waals surface area contributed by atoms with Crippen LogP contribution in [0.25, 0.3) is 5.76 Å². The molecular formula is C26H28N2O6. The lowest BCUT2D eigenvalue weighted by Crippen LogP contribution is -2.32. The number of aliphatic hydroxyl groups excluding tert-OH is 1. The first-order valence-electron chi connectivity index (χ1n) is 11.1. The molecule has 2 aliphatic rings. The number of likely N-dealkylation sites (tertiary alicyclic amines) is 1. The van der Waals surface area contributed by atoms with Crippen LogP contribution in [-0.2, 0) is 9.59 Å². The highest BCUT2D eigenvalue weighted by atomic mass is 16.7. The van der Waals surface area contributed by atoms with Crippen LogP contribution in [0.15, 0.2) is 60.7 Å². The molecule has 0 bridgehead atoms. The summed E-state index contributed by atoms with van der Waals surface area (Å²) in [5.41, 5.74) is 1.14. The van der Waals surface area contributed by atoms with E-state index in [1.807, 2.05) is 19.0 Å². The number of hydrogen-bond donors (Lipinski definition) is 1. The van der Waals surface area contributed by atoms with Gasteiger partial charge < -0.3 is 29.1 Å². The van der Waals surface area contributed by atoms with Crippen molar-refractivity contribution in [2.45, 2.75) is 12.5 Å². The number of ether oxygens (including phenoxy) is 3. The molecule has 8 nitrogen and oxygen atoms in total. The minimum Gasteiger partial charge on any atom is -0.507 e. The normalized spacial score (nSPS) is 18.6. The maximum atomic E-state index is 13.1. The van der Waals surface area contributed by atoms with E-state index >= 15 is 0 Å². The number of carbonyl (C=O) groups is 2. The maximum Gasteiger partial charge on any atom is 0.295 e. The predicted molar refractivity (Wildman–Crippen MR) is 127 cm³/mol. The van der Waals surface area contributed by atoms with Gasteiger partial charge in [-0.1, -0.05) is 24.8 Å². The van der Waals surface area contributed by atoms with E-state index in [1.54, 1.807) is 48.5 Å². The van der Waals surface area contributed by atoms with Gasteiger partial charge in [-0.25, -0.2) is 0 Å². The van der Waals surface area contributed by atoms with Crippen LogP contribution in [0.1, 0.15) is 23.6 Å². The lowest BCUT2D eigenvalue weighted by Gasteiger charge is -2.26. The molecule has 4 rings (SSSR count). The molecule has 1 N–H and O–H groups in total. The number of rotatable bonds is 9. The average Bonchev–Trinajstić information content (AvgIpc) is 3.40. The summed E-state index contributed by atoms with van der Waals surface area (Å²) in [4.78, 5) is 29.7. The minimum absolute atomic E-state index is 0.0495. The Morgan fingerprint density at radius 3 is 2.62 bits per heavy atom. The third-order valence-electron chi connectivity index (χ3n) is 5.75. The van der Waals surface area contributed by atoms with Crippen LogP contribution in [0.4, 0.5) is 0 Å². The third kappa shape index (κ3) is 4.63. The number of ketones is 1. The van der Waals surface area contributed by atoms with E-state index in [-0.39, 0.29) is 18.1 Å². The second-order valence-corrected chi connectivity index (χ2v) is 8.39. The Morgan fingerprint density at radius 2 is 1.91 bits per heavy atom. The molecule has 34 heavy (non-hydrogen) atoms. The molecule has 0 radical (unpaired) electrons. The van der Waals surface area contributed by atoms with Crippen molar-refractivity contribution < 1.29 is 28.9 Å². The van der Waals surface area contributed by atoms with E-state index in [0.29, 0.717) is 47.9 Å². The number of nitrogens with zero attached hydrogens (tertiary/aromatic N) is 2. The summed E-state index contributed by atoms with van der Waals surface area (Å²) >= 11 is 0. The van der Waals surface area contributed by atoms with E-state index in [4.69, 9.17) is 14.2 Å². The molecule has 8 heteroatoms. The van der Waals surface area contributed by atoms with Crippen LogP contribution in [0.5, 0.6) is 17.2 Å². The summed E-state index contributed by atoms with van der Waals surface area (Å²) in [5.74, 6) is 0.0969. The molecule has 0 spiro atoms. The summed E-state index contributed by atoms with van der Waals surface area (Å²) in [7, 11) is 3.90. The van der Waals surface area contributed by atoms with Crippen molar-refractivity contribution in [3.63, 3.8) is 0 Å². The van der Waals surface area contributed by atoms with Crippen molar-refractivity contribution in [1.29, 1.82) is 0 Å². The van der Waals surface area contributed by atoms with Crippen molar-refractivity contribution in [2.75, 3.05) is 40.6 Å². The van der Waals surface area contributed by atoms with Crippen molar-refractivity contribution in [2.24, 2.45) is 0 Å². The smallest absolute Gasteiger partial charge is 0.295 e. The average molecular weight is 465 g/mol. The first-order chi connectivity index (χ1) is 16.4. The molecular weight excluding hydrogens is 436 g/mol. The van der Waals surface area contributed by atoms with Crippen LogP contribution in [0.2, 0.25) is 0 Å². The lowest BCUT2D eigenvalue weighted by atomic mass is 9.95. The predicted octanol–water partition coefficient (Wildman–Crippen LogP) is 3.35. The zero-order valence-electron chi connectivity index (χ0n) is 19.3. The van der Waals surface area contributed by atoms with Gasteiger partial charge in [-0.2, -0.15) is 0 Å². The largest absolute Gasteiger partial charge is 0.507 e. The van der Waals surface area contributed by atoms with Crippen molar-refractivity contribution in [3.8, 4) is 17.2 Å². The summed E-state index contributed by atoms with van der Waals surface area (Å²) in [6, 6.07) is 11.4. The fraction of sp³-hybridized carbons (Fsp3) is 0.308. The standard InChI is InChI=1S/C26H28N2O6/c1-4-14-32-19-9-6-17(7-10-19)23-22(25(30)26(31)28(23)13-5-12-27(2)3)24(29)18-8-11-20-21(15-18)34-16-33-20/h4,6-11,15,23,29H,1,5,12-14,16H2,2-3H3/t23-/m0/s1. The van der Waals surface area contributed by atoms with E-state index in [1.165, 1.54) is 4.90 Å². The first kappa shape index (κ1) is 23.4. The van der Waals surface area contributed by atoms with Gasteiger partial charge in [0.2, 0.25) is 6.79 Å². The Labute approximate surface area is 198 Å².